The van der Waals surface area contributed by atoms with Crippen molar-refractivity contribution in [2.75, 3.05) is 0 Å². The van der Waals surface area contributed by atoms with E-state index in [2.05, 4.69) is 28.0 Å². The van der Waals surface area contributed by atoms with Crippen LogP contribution in [-0.4, -0.2) is 15.6 Å². The first-order valence-corrected chi connectivity index (χ1v) is 6.70. The van der Waals surface area contributed by atoms with Crippen molar-refractivity contribution in [3.63, 3.8) is 0 Å². The number of carbonyl (C=O) groups is 1. The fourth-order valence-electron chi connectivity index (χ4n) is 1.70. The number of ketones is 1. The number of aromatic nitrogens is 2. The van der Waals surface area contributed by atoms with Gasteiger partial charge in [0.25, 0.3) is 0 Å². The quantitative estimate of drug-likeness (QED) is 0.770. The Balaban J connectivity index is 2.58. The summed E-state index contributed by atoms with van der Waals surface area (Å²) in [5, 5.41) is 4.29. The summed E-state index contributed by atoms with van der Waals surface area (Å²) in [6.07, 6.45) is 5.92. The summed E-state index contributed by atoms with van der Waals surface area (Å²) in [4.78, 5) is 11.5. The number of nitrogens with zero attached hydrogens (tertiary/aromatic N) is 2. The fourth-order valence-corrected chi connectivity index (χ4v) is 2.20. The maximum absolute atomic E-state index is 11.5. The zero-order valence-corrected chi connectivity index (χ0v) is 11.6. The molecule has 0 saturated heterocycles. The Morgan fingerprint density at radius 3 is 2.75 bits per heavy atom. The van der Waals surface area contributed by atoms with Crippen LogP contribution < -0.4 is 0 Å². The molecule has 0 aliphatic carbocycles. The van der Waals surface area contributed by atoms with Gasteiger partial charge in [0.1, 0.15) is 5.78 Å². The number of halogens is 1. The van der Waals surface area contributed by atoms with Gasteiger partial charge in [0.2, 0.25) is 0 Å². The van der Waals surface area contributed by atoms with E-state index in [1.54, 1.807) is 0 Å². The van der Waals surface area contributed by atoms with Crippen molar-refractivity contribution in [1.82, 2.24) is 9.78 Å². The highest BCUT2D eigenvalue weighted by atomic mass is 79.9. The molecule has 3 nitrogen and oxygen atoms in total. The first-order chi connectivity index (χ1) is 7.69. The molecule has 0 N–H and O–H groups in total. The molecular weight excluding hydrogens is 268 g/mol. The molecule has 16 heavy (non-hydrogen) atoms. The van der Waals surface area contributed by atoms with E-state index in [1.807, 2.05) is 17.8 Å². The second-order valence-corrected chi connectivity index (χ2v) is 4.81. The average molecular weight is 287 g/mol. The summed E-state index contributed by atoms with van der Waals surface area (Å²) < 4.78 is 3.01. The van der Waals surface area contributed by atoms with E-state index in [4.69, 9.17) is 0 Å². The van der Waals surface area contributed by atoms with Crippen molar-refractivity contribution in [3.05, 3.63) is 16.4 Å². The van der Waals surface area contributed by atoms with Crippen LogP contribution in [0.25, 0.3) is 0 Å². The van der Waals surface area contributed by atoms with E-state index in [0.29, 0.717) is 18.6 Å². The van der Waals surface area contributed by atoms with Crippen LogP contribution in [0.15, 0.2) is 10.7 Å². The Bertz CT molecular complexity index is 347. The topological polar surface area (TPSA) is 34.9 Å². The molecule has 1 aromatic rings. The molecular formula is C12H19BrN2O. The lowest BCUT2D eigenvalue weighted by Gasteiger charge is -2.06. The molecule has 1 aromatic heterocycles. The second kappa shape index (κ2) is 6.84. The summed E-state index contributed by atoms with van der Waals surface area (Å²) in [6, 6.07) is 0. The highest BCUT2D eigenvalue weighted by Crippen LogP contribution is 2.18. The number of Topliss-reactive ketones (excluding diaryl/α,β-unsaturated/α-hetero) is 1. The zero-order valence-electron chi connectivity index (χ0n) is 10.0. The number of carbonyl (C=O) groups excluding carboxylic acids is 1. The lowest BCUT2D eigenvalue weighted by Crippen LogP contribution is -2.07. The molecule has 0 aliphatic heterocycles. The summed E-state index contributed by atoms with van der Waals surface area (Å²) >= 11 is 3.48. The summed E-state index contributed by atoms with van der Waals surface area (Å²) in [5.74, 6) is 0.346. The Labute approximate surface area is 105 Å². The Morgan fingerprint density at radius 1 is 1.38 bits per heavy atom. The van der Waals surface area contributed by atoms with Gasteiger partial charge in [0, 0.05) is 19.4 Å². The first-order valence-electron chi connectivity index (χ1n) is 5.90. The molecule has 4 heteroatoms. The SMILES string of the molecule is CCCC(=O)CCc1c(Br)cnn1CCC. The van der Waals surface area contributed by atoms with Gasteiger partial charge in [-0.15, -0.1) is 0 Å². The molecule has 0 unspecified atom stereocenters. The lowest BCUT2D eigenvalue weighted by atomic mass is 10.1. The van der Waals surface area contributed by atoms with Crippen molar-refractivity contribution >= 4 is 21.7 Å². The van der Waals surface area contributed by atoms with Crippen LogP contribution in [0.3, 0.4) is 0 Å². The first kappa shape index (κ1) is 13.4. The molecule has 0 bridgehead atoms. The minimum absolute atomic E-state index is 0.346. The molecule has 0 amide bonds. The van der Waals surface area contributed by atoms with E-state index in [9.17, 15) is 4.79 Å². The zero-order chi connectivity index (χ0) is 12.0. The predicted octanol–water partition coefficient (Wildman–Crippen LogP) is 3.36. The van der Waals surface area contributed by atoms with Crippen molar-refractivity contribution in [1.29, 1.82) is 0 Å². The van der Waals surface area contributed by atoms with E-state index in [1.165, 1.54) is 0 Å². The van der Waals surface area contributed by atoms with Gasteiger partial charge in [-0.25, -0.2) is 0 Å². The van der Waals surface area contributed by atoms with Gasteiger partial charge in [-0.3, -0.25) is 9.48 Å². The van der Waals surface area contributed by atoms with Gasteiger partial charge in [-0.05, 0) is 35.2 Å². The molecule has 0 fully saturated rings. The monoisotopic (exact) mass is 286 g/mol. The van der Waals surface area contributed by atoms with Gasteiger partial charge < -0.3 is 0 Å². The average Bonchev–Trinajstić information content (AvgIpc) is 2.58. The normalized spacial score (nSPS) is 10.7. The maximum atomic E-state index is 11.5. The van der Waals surface area contributed by atoms with Crippen LogP contribution in [-0.2, 0) is 17.8 Å². The number of rotatable bonds is 7. The molecule has 0 radical (unpaired) electrons. The summed E-state index contributed by atoms with van der Waals surface area (Å²) in [7, 11) is 0. The number of hydrogen-bond acceptors (Lipinski definition) is 2. The lowest BCUT2D eigenvalue weighted by molar-refractivity contribution is -0.119. The number of aryl methyl sites for hydroxylation is 1. The molecule has 0 aliphatic rings. The molecule has 1 rings (SSSR count). The van der Waals surface area contributed by atoms with Crippen molar-refractivity contribution in [2.45, 2.75) is 52.5 Å². The molecule has 90 valence electrons. The Morgan fingerprint density at radius 2 is 2.12 bits per heavy atom. The molecule has 0 spiro atoms. The maximum Gasteiger partial charge on any atom is 0.133 e. The van der Waals surface area contributed by atoms with Gasteiger partial charge in [0.05, 0.1) is 16.4 Å². The highest BCUT2D eigenvalue weighted by Gasteiger charge is 2.10. The fraction of sp³-hybridized carbons (Fsp3) is 0.667. The molecule has 1 heterocycles. The van der Waals surface area contributed by atoms with Crippen LogP contribution in [0.2, 0.25) is 0 Å². The third-order valence-electron chi connectivity index (χ3n) is 2.50. The van der Waals surface area contributed by atoms with Crippen LogP contribution >= 0.6 is 15.9 Å². The van der Waals surface area contributed by atoms with Gasteiger partial charge >= 0.3 is 0 Å². The molecule has 0 saturated carbocycles. The van der Waals surface area contributed by atoms with Gasteiger partial charge in [0.15, 0.2) is 0 Å². The predicted molar refractivity (Wildman–Crippen MR) is 68.5 cm³/mol. The minimum Gasteiger partial charge on any atom is -0.300 e. The third-order valence-corrected chi connectivity index (χ3v) is 3.17. The Hall–Kier alpha value is -0.640. The Kier molecular flexibility index (Phi) is 5.74. The van der Waals surface area contributed by atoms with E-state index in [-0.39, 0.29) is 0 Å². The van der Waals surface area contributed by atoms with E-state index in [0.717, 1.165) is 36.0 Å². The summed E-state index contributed by atoms with van der Waals surface area (Å²) in [6.45, 7) is 5.08. The van der Waals surface area contributed by atoms with Crippen molar-refractivity contribution in [2.24, 2.45) is 0 Å². The van der Waals surface area contributed by atoms with Gasteiger partial charge in [-0.2, -0.15) is 5.10 Å². The van der Waals surface area contributed by atoms with Crippen molar-refractivity contribution < 1.29 is 4.79 Å². The van der Waals surface area contributed by atoms with E-state index >= 15 is 0 Å². The molecule has 0 aromatic carbocycles. The van der Waals surface area contributed by atoms with Crippen LogP contribution in [0.1, 0.15) is 45.2 Å². The van der Waals surface area contributed by atoms with E-state index < -0.39 is 0 Å². The third kappa shape index (κ3) is 3.74. The largest absolute Gasteiger partial charge is 0.300 e. The van der Waals surface area contributed by atoms with Crippen LogP contribution in [0.4, 0.5) is 0 Å². The van der Waals surface area contributed by atoms with Crippen LogP contribution in [0, 0.1) is 0 Å². The smallest absolute Gasteiger partial charge is 0.133 e. The second-order valence-electron chi connectivity index (χ2n) is 3.95. The van der Waals surface area contributed by atoms with Gasteiger partial charge in [-0.1, -0.05) is 13.8 Å². The molecule has 0 atom stereocenters. The number of hydrogen-bond donors (Lipinski definition) is 0. The van der Waals surface area contributed by atoms with Crippen LogP contribution in [0.5, 0.6) is 0 Å². The highest BCUT2D eigenvalue weighted by molar-refractivity contribution is 9.10. The standard InChI is InChI=1S/C12H19BrN2O/c1-3-5-10(16)6-7-12-11(13)9-14-15(12)8-4-2/h9H,3-8H2,1-2H3. The minimum atomic E-state index is 0.346. The summed E-state index contributed by atoms with van der Waals surface area (Å²) in [5.41, 5.74) is 1.14. The van der Waals surface area contributed by atoms with Crippen molar-refractivity contribution in [3.8, 4) is 0 Å².